The lowest BCUT2D eigenvalue weighted by Crippen LogP contribution is -2.43. The molecular formula is C13H26N2O. The Morgan fingerprint density at radius 1 is 1.38 bits per heavy atom. The zero-order valence-corrected chi connectivity index (χ0v) is 10.4. The predicted octanol–water partition coefficient (Wildman–Crippen LogP) is 1.27. The molecular weight excluding hydrogens is 200 g/mol. The summed E-state index contributed by atoms with van der Waals surface area (Å²) in [6.45, 7) is 4.57. The van der Waals surface area contributed by atoms with Gasteiger partial charge in [0.25, 0.3) is 0 Å². The van der Waals surface area contributed by atoms with Crippen molar-refractivity contribution in [2.45, 2.75) is 63.6 Å². The van der Waals surface area contributed by atoms with Crippen LogP contribution in [0.25, 0.3) is 0 Å². The molecule has 94 valence electrons. The van der Waals surface area contributed by atoms with Crippen LogP contribution in [-0.4, -0.2) is 36.4 Å². The van der Waals surface area contributed by atoms with E-state index in [4.69, 9.17) is 0 Å². The van der Waals surface area contributed by atoms with Crippen LogP contribution in [0.15, 0.2) is 0 Å². The first-order chi connectivity index (χ1) is 7.74. The lowest BCUT2D eigenvalue weighted by Gasteiger charge is -2.33. The first kappa shape index (κ1) is 12.3. The first-order valence-electron chi connectivity index (χ1n) is 6.89. The maximum atomic E-state index is 9.21. The molecule has 16 heavy (non-hydrogen) atoms. The number of hydrogen-bond acceptors (Lipinski definition) is 3. The Morgan fingerprint density at radius 3 is 2.81 bits per heavy atom. The highest BCUT2D eigenvalue weighted by atomic mass is 16.3. The molecule has 0 spiro atoms. The van der Waals surface area contributed by atoms with Crippen molar-refractivity contribution in [2.24, 2.45) is 5.92 Å². The summed E-state index contributed by atoms with van der Waals surface area (Å²) in [7, 11) is 0. The van der Waals surface area contributed by atoms with Gasteiger partial charge in [-0.25, -0.2) is 0 Å². The number of aliphatic hydroxyl groups excluding tert-OH is 1. The predicted molar refractivity (Wildman–Crippen MR) is 66.5 cm³/mol. The zero-order chi connectivity index (χ0) is 11.4. The molecule has 0 aromatic rings. The van der Waals surface area contributed by atoms with E-state index in [0.29, 0.717) is 6.04 Å². The monoisotopic (exact) mass is 226 g/mol. The quantitative estimate of drug-likeness (QED) is 0.661. The summed E-state index contributed by atoms with van der Waals surface area (Å²) < 4.78 is 0. The fourth-order valence-corrected chi connectivity index (χ4v) is 2.87. The minimum absolute atomic E-state index is 0.0119. The van der Waals surface area contributed by atoms with Gasteiger partial charge >= 0.3 is 0 Å². The van der Waals surface area contributed by atoms with E-state index in [-0.39, 0.29) is 6.10 Å². The Hall–Kier alpha value is -0.120. The summed E-state index contributed by atoms with van der Waals surface area (Å²) in [5, 5.41) is 16.4. The van der Waals surface area contributed by atoms with E-state index in [1.807, 2.05) is 0 Å². The van der Waals surface area contributed by atoms with Gasteiger partial charge in [-0.2, -0.15) is 0 Å². The van der Waals surface area contributed by atoms with E-state index in [1.165, 1.54) is 32.2 Å². The third-order valence-corrected chi connectivity index (χ3v) is 4.02. The van der Waals surface area contributed by atoms with E-state index >= 15 is 0 Å². The summed E-state index contributed by atoms with van der Waals surface area (Å²) in [5.74, 6) is 0.719. The van der Waals surface area contributed by atoms with Gasteiger partial charge in [-0.05, 0) is 58.0 Å². The average molecular weight is 226 g/mol. The first-order valence-corrected chi connectivity index (χ1v) is 6.89. The van der Waals surface area contributed by atoms with Crippen LogP contribution < -0.4 is 10.6 Å². The highest BCUT2D eigenvalue weighted by Crippen LogP contribution is 2.26. The van der Waals surface area contributed by atoms with Crippen LogP contribution >= 0.6 is 0 Å². The summed E-state index contributed by atoms with van der Waals surface area (Å²) in [6, 6.07) is 1.33. The number of nitrogens with one attached hydrogen (secondary N) is 2. The van der Waals surface area contributed by atoms with Crippen molar-refractivity contribution in [1.29, 1.82) is 0 Å². The van der Waals surface area contributed by atoms with Crippen LogP contribution in [0.5, 0.6) is 0 Å². The molecule has 1 saturated heterocycles. The van der Waals surface area contributed by atoms with Crippen LogP contribution in [0.3, 0.4) is 0 Å². The molecule has 3 nitrogen and oxygen atoms in total. The molecule has 2 atom stereocenters. The van der Waals surface area contributed by atoms with Crippen LogP contribution in [-0.2, 0) is 0 Å². The Balaban J connectivity index is 1.55. The average Bonchev–Trinajstić information content (AvgIpc) is 2.24. The number of rotatable bonds is 5. The summed E-state index contributed by atoms with van der Waals surface area (Å²) in [4.78, 5) is 0. The molecule has 2 fully saturated rings. The maximum Gasteiger partial charge on any atom is 0.0546 e. The van der Waals surface area contributed by atoms with Gasteiger partial charge in [0.2, 0.25) is 0 Å². The van der Waals surface area contributed by atoms with Crippen molar-refractivity contribution in [1.82, 2.24) is 10.6 Å². The molecule has 2 rings (SSSR count). The zero-order valence-electron chi connectivity index (χ0n) is 10.4. The van der Waals surface area contributed by atoms with E-state index < -0.39 is 0 Å². The number of aliphatic hydroxyl groups is 1. The molecule has 2 aliphatic rings. The van der Waals surface area contributed by atoms with Gasteiger partial charge in [-0.1, -0.05) is 6.42 Å². The highest BCUT2D eigenvalue weighted by Gasteiger charge is 2.27. The van der Waals surface area contributed by atoms with Crippen LogP contribution in [0.4, 0.5) is 0 Å². The van der Waals surface area contributed by atoms with Crippen LogP contribution in [0, 0.1) is 5.92 Å². The van der Waals surface area contributed by atoms with Gasteiger partial charge in [-0.15, -0.1) is 0 Å². The van der Waals surface area contributed by atoms with Gasteiger partial charge in [0, 0.05) is 12.1 Å². The van der Waals surface area contributed by atoms with Crippen molar-refractivity contribution in [3.8, 4) is 0 Å². The Labute approximate surface area is 99.0 Å². The summed E-state index contributed by atoms with van der Waals surface area (Å²) >= 11 is 0. The number of hydrogen-bond donors (Lipinski definition) is 3. The third kappa shape index (κ3) is 3.72. The molecule has 1 aliphatic carbocycles. The SMILES string of the molecule is CC(CC1CCCCN1)NCC1CC(O)C1. The highest BCUT2D eigenvalue weighted by molar-refractivity contribution is 4.82. The van der Waals surface area contributed by atoms with Crippen molar-refractivity contribution < 1.29 is 5.11 Å². The summed E-state index contributed by atoms with van der Waals surface area (Å²) in [6.07, 6.45) is 7.31. The molecule has 0 aromatic heterocycles. The Kier molecular flexibility index (Phi) is 4.62. The maximum absolute atomic E-state index is 9.21. The molecule has 1 aliphatic heterocycles. The van der Waals surface area contributed by atoms with E-state index in [1.54, 1.807) is 0 Å². The molecule has 3 heteroatoms. The molecule has 3 N–H and O–H groups in total. The van der Waals surface area contributed by atoms with Crippen LogP contribution in [0.2, 0.25) is 0 Å². The molecule has 0 radical (unpaired) electrons. The van der Waals surface area contributed by atoms with Gasteiger partial charge in [0.05, 0.1) is 6.10 Å². The molecule has 2 unspecified atom stereocenters. The Morgan fingerprint density at radius 2 is 2.19 bits per heavy atom. The molecule has 1 saturated carbocycles. The number of piperidine rings is 1. The second kappa shape index (κ2) is 5.99. The van der Waals surface area contributed by atoms with Gasteiger partial charge in [0.15, 0.2) is 0 Å². The summed E-state index contributed by atoms with van der Waals surface area (Å²) in [5.41, 5.74) is 0. The molecule has 1 heterocycles. The van der Waals surface area contributed by atoms with Crippen molar-refractivity contribution >= 4 is 0 Å². The smallest absolute Gasteiger partial charge is 0.0546 e. The van der Waals surface area contributed by atoms with Crippen LogP contribution in [0.1, 0.15) is 45.4 Å². The molecule has 0 bridgehead atoms. The fraction of sp³-hybridized carbons (Fsp3) is 1.00. The normalized spacial score (nSPS) is 36.8. The Bertz CT molecular complexity index is 198. The topological polar surface area (TPSA) is 44.3 Å². The third-order valence-electron chi connectivity index (χ3n) is 4.02. The minimum atomic E-state index is -0.0119. The minimum Gasteiger partial charge on any atom is -0.393 e. The van der Waals surface area contributed by atoms with Gasteiger partial charge in [0.1, 0.15) is 0 Å². The van der Waals surface area contributed by atoms with Crippen molar-refractivity contribution in [3.05, 3.63) is 0 Å². The van der Waals surface area contributed by atoms with E-state index in [0.717, 1.165) is 31.3 Å². The standard InChI is InChI=1S/C13H26N2O/c1-10(6-12-4-2-3-5-14-12)15-9-11-7-13(16)8-11/h10-16H,2-9H2,1H3. The van der Waals surface area contributed by atoms with E-state index in [2.05, 4.69) is 17.6 Å². The van der Waals surface area contributed by atoms with Crippen molar-refractivity contribution in [2.75, 3.05) is 13.1 Å². The van der Waals surface area contributed by atoms with Gasteiger partial charge in [-0.3, -0.25) is 0 Å². The fourth-order valence-electron chi connectivity index (χ4n) is 2.87. The lowest BCUT2D eigenvalue weighted by atomic mass is 9.82. The van der Waals surface area contributed by atoms with Gasteiger partial charge < -0.3 is 15.7 Å². The second-order valence-electron chi connectivity index (χ2n) is 5.68. The molecule has 0 amide bonds. The largest absolute Gasteiger partial charge is 0.393 e. The lowest BCUT2D eigenvalue weighted by molar-refractivity contribution is 0.0417. The van der Waals surface area contributed by atoms with Crippen molar-refractivity contribution in [3.63, 3.8) is 0 Å². The molecule has 0 aromatic carbocycles. The second-order valence-corrected chi connectivity index (χ2v) is 5.68. The van der Waals surface area contributed by atoms with E-state index in [9.17, 15) is 5.11 Å².